The minimum Gasteiger partial charge on any atom is -0.481 e. The molecular weight excluding hydrogens is 394 g/mol. The Balaban J connectivity index is 1.95. The standard InChI is InChI=1S/C22H24ClNO5/c23-18-5-3-4-17(13-18)16-10-8-15(9-11-16)12-19(14-22(28)29)24-20(25)6-1-2-7-21(26)27/h3-5,8-11,13,19H,1-2,6-7,12,14H2,(H,24,25)(H,26,27)(H,28,29)/t19-/m1/s1. The number of halogens is 1. The topological polar surface area (TPSA) is 104 Å². The van der Waals surface area contributed by atoms with Gasteiger partial charge in [0.25, 0.3) is 0 Å². The highest BCUT2D eigenvalue weighted by Crippen LogP contribution is 2.23. The van der Waals surface area contributed by atoms with Crippen LogP contribution in [0.15, 0.2) is 48.5 Å². The molecule has 0 saturated heterocycles. The van der Waals surface area contributed by atoms with Gasteiger partial charge in [-0.05, 0) is 48.1 Å². The van der Waals surface area contributed by atoms with E-state index in [9.17, 15) is 14.4 Å². The number of carbonyl (C=O) groups excluding carboxylic acids is 1. The van der Waals surface area contributed by atoms with Crippen molar-refractivity contribution in [3.63, 3.8) is 0 Å². The van der Waals surface area contributed by atoms with E-state index < -0.39 is 18.0 Å². The maximum absolute atomic E-state index is 12.1. The molecule has 0 unspecified atom stereocenters. The van der Waals surface area contributed by atoms with Crippen molar-refractivity contribution in [3.05, 3.63) is 59.1 Å². The van der Waals surface area contributed by atoms with Crippen LogP contribution < -0.4 is 5.32 Å². The number of rotatable bonds is 11. The van der Waals surface area contributed by atoms with E-state index in [0.717, 1.165) is 16.7 Å². The number of carbonyl (C=O) groups is 3. The molecule has 0 bridgehead atoms. The Morgan fingerprint density at radius 3 is 2.21 bits per heavy atom. The third-order valence-corrected chi connectivity index (χ3v) is 4.66. The van der Waals surface area contributed by atoms with Gasteiger partial charge in [0.15, 0.2) is 0 Å². The zero-order valence-electron chi connectivity index (χ0n) is 15.9. The average Bonchev–Trinajstić information content (AvgIpc) is 2.65. The van der Waals surface area contributed by atoms with Crippen molar-refractivity contribution in [2.75, 3.05) is 0 Å². The summed E-state index contributed by atoms with van der Waals surface area (Å²) in [6.07, 6.45) is 1.27. The minimum absolute atomic E-state index is 0.0187. The van der Waals surface area contributed by atoms with Crippen molar-refractivity contribution in [2.45, 2.75) is 44.6 Å². The molecular formula is C22H24ClNO5. The van der Waals surface area contributed by atoms with E-state index in [1.165, 1.54) is 0 Å². The lowest BCUT2D eigenvalue weighted by Gasteiger charge is -2.17. The van der Waals surface area contributed by atoms with Gasteiger partial charge in [0.2, 0.25) is 5.91 Å². The fraction of sp³-hybridized carbons (Fsp3) is 0.318. The Morgan fingerprint density at radius 2 is 1.59 bits per heavy atom. The number of hydrogen-bond acceptors (Lipinski definition) is 3. The first kappa shape index (κ1) is 22.4. The van der Waals surface area contributed by atoms with Crippen LogP contribution in [0.1, 0.15) is 37.7 Å². The van der Waals surface area contributed by atoms with Gasteiger partial charge in [-0.15, -0.1) is 0 Å². The van der Waals surface area contributed by atoms with Gasteiger partial charge in [0, 0.05) is 23.9 Å². The van der Waals surface area contributed by atoms with Crippen molar-refractivity contribution < 1.29 is 24.6 Å². The maximum Gasteiger partial charge on any atom is 0.305 e. The van der Waals surface area contributed by atoms with Gasteiger partial charge < -0.3 is 15.5 Å². The largest absolute Gasteiger partial charge is 0.481 e. The van der Waals surface area contributed by atoms with E-state index in [4.69, 9.17) is 21.8 Å². The molecule has 2 rings (SSSR count). The molecule has 2 aromatic rings. The summed E-state index contributed by atoms with van der Waals surface area (Å²) in [7, 11) is 0. The number of aliphatic carboxylic acids is 2. The van der Waals surface area contributed by atoms with Crippen LogP contribution >= 0.6 is 11.6 Å². The molecule has 0 aliphatic rings. The smallest absolute Gasteiger partial charge is 0.305 e. The summed E-state index contributed by atoms with van der Waals surface area (Å²) in [5, 5.41) is 21.2. The molecule has 0 spiro atoms. The number of carboxylic acid groups (broad SMARTS) is 2. The summed E-state index contributed by atoms with van der Waals surface area (Å²) < 4.78 is 0. The molecule has 0 aromatic heterocycles. The molecule has 0 radical (unpaired) electrons. The second-order valence-corrected chi connectivity index (χ2v) is 7.31. The molecule has 0 saturated carbocycles. The molecule has 6 nitrogen and oxygen atoms in total. The fourth-order valence-electron chi connectivity index (χ4n) is 3.03. The van der Waals surface area contributed by atoms with Crippen LogP contribution in [0.2, 0.25) is 5.02 Å². The highest BCUT2D eigenvalue weighted by atomic mass is 35.5. The van der Waals surface area contributed by atoms with Gasteiger partial charge in [0.05, 0.1) is 6.42 Å². The quantitative estimate of drug-likeness (QED) is 0.476. The van der Waals surface area contributed by atoms with Crippen molar-refractivity contribution in [1.82, 2.24) is 5.32 Å². The highest BCUT2D eigenvalue weighted by Gasteiger charge is 2.17. The Kier molecular flexibility index (Phi) is 8.68. The van der Waals surface area contributed by atoms with Gasteiger partial charge in [0.1, 0.15) is 0 Å². The number of amides is 1. The molecule has 0 heterocycles. The van der Waals surface area contributed by atoms with Crippen molar-refractivity contribution in [2.24, 2.45) is 0 Å². The third kappa shape index (κ3) is 8.35. The van der Waals surface area contributed by atoms with Crippen LogP contribution in [-0.2, 0) is 20.8 Å². The van der Waals surface area contributed by atoms with Crippen LogP contribution in [0.25, 0.3) is 11.1 Å². The predicted octanol–water partition coefficient (Wildman–Crippen LogP) is 4.15. The third-order valence-electron chi connectivity index (χ3n) is 4.42. The zero-order valence-corrected chi connectivity index (χ0v) is 16.7. The van der Waals surface area contributed by atoms with Crippen LogP contribution in [0.5, 0.6) is 0 Å². The molecule has 0 fully saturated rings. The molecule has 154 valence electrons. The Hall–Kier alpha value is -2.86. The highest BCUT2D eigenvalue weighted by molar-refractivity contribution is 6.30. The molecule has 0 aliphatic heterocycles. The van der Waals surface area contributed by atoms with Gasteiger partial charge in [-0.2, -0.15) is 0 Å². The Labute approximate surface area is 174 Å². The Bertz CT molecular complexity index is 851. The number of hydrogen-bond donors (Lipinski definition) is 3. The zero-order chi connectivity index (χ0) is 21.2. The molecule has 0 aliphatic carbocycles. The molecule has 1 atom stereocenters. The fourth-order valence-corrected chi connectivity index (χ4v) is 3.22. The lowest BCUT2D eigenvalue weighted by Crippen LogP contribution is -2.38. The number of nitrogens with one attached hydrogen (secondary N) is 1. The number of unbranched alkanes of at least 4 members (excludes halogenated alkanes) is 1. The number of benzene rings is 2. The van der Waals surface area contributed by atoms with Crippen molar-refractivity contribution in [1.29, 1.82) is 0 Å². The van der Waals surface area contributed by atoms with E-state index in [0.29, 0.717) is 24.3 Å². The minimum atomic E-state index is -0.989. The first-order valence-electron chi connectivity index (χ1n) is 9.41. The summed E-state index contributed by atoms with van der Waals surface area (Å²) in [6, 6.07) is 14.7. The van der Waals surface area contributed by atoms with E-state index in [2.05, 4.69) is 5.32 Å². The van der Waals surface area contributed by atoms with E-state index in [1.807, 2.05) is 42.5 Å². The summed E-state index contributed by atoms with van der Waals surface area (Å²) >= 11 is 6.03. The van der Waals surface area contributed by atoms with Crippen LogP contribution in [0.4, 0.5) is 0 Å². The first-order chi connectivity index (χ1) is 13.8. The molecule has 1 amide bonds. The van der Waals surface area contributed by atoms with Gasteiger partial charge in [-0.3, -0.25) is 14.4 Å². The number of carboxylic acids is 2. The second kappa shape index (κ2) is 11.2. The lowest BCUT2D eigenvalue weighted by molar-refractivity contribution is -0.138. The monoisotopic (exact) mass is 417 g/mol. The van der Waals surface area contributed by atoms with E-state index in [-0.39, 0.29) is 25.2 Å². The van der Waals surface area contributed by atoms with Gasteiger partial charge in [-0.25, -0.2) is 0 Å². The Morgan fingerprint density at radius 1 is 0.897 bits per heavy atom. The first-order valence-corrected chi connectivity index (χ1v) is 9.79. The summed E-state index contributed by atoms with van der Waals surface area (Å²) in [5.41, 5.74) is 2.89. The van der Waals surface area contributed by atoms with Gasteiger partial charge in [-0.1, -0.05) is 48.0 Å². The summed E-state index contributed by atoms with van der Waals surface area (Å²) in [5.74, 6) is -2.15. The van der Waals surface area contributed by atoms with Crippen LogP contribution in [0, 0.1) is 0 Å². The summed E-state index contributed by atoms with van der Waals surface area (Å²) in [4.78, 5) is 33.7. The summed E-state index contributed by atoms with van der Waals surface area (Å²) in [6.45, 7) is 0. The van der Waals surface area contributed by atoms with Gasteiger partial charge >= 0.3 is 11.9 Å². The SMILES string of the molecule is O=C(O)CCCCC(=O)N[C@@H](CC(=O)O)Cc1ccc(-c2cccc(Cl)c2)cc1. The average molecular weight is 418 g/mol. The van der Waals surface area contributed by atoms with Crippen molar-refractivity contribution >= 4 is 29.4 Å². The molecule has 7 heteroatoms. The lowest BCUT2D eigenvalue weighted by atomic mass is 9.99. The van der Waals surface area contributed by atoms with Crippen LogP contribution in [0.3, 0.4) is 0 Å². The predicted molar refractivity (Wildman–Crippen MR) is 111 cm³/mol. The van der Waals surface area contributed by atoms with E-state index in [1.54, 1.807) is 6.07 Å². The normalized spacial score (nSPS) is 11.6. The van der Waals surface area contributed by atoms with E-state index >= 15 is 0 Å². The van der Waals surface area contributed by atoms with Crippen molar-refractivity contribution in [3.8, 4) is 11.1 Å². The molecule has 3 N–H and O–H groups in total. The molecule has 2 aromatic carbocycles. The van der Waals surface area contributed by atoms with Crippen LogP contribution in [-0.4, -0.2) is 34.1 Å². The second-order valence-electron chi connectivity index (χ2n) is 6.87. The maximum atomic E-state index is 12.1. The molecule has 29 heavy (non-hydrogen) atoms.